The van der Waals surface area contributed by atoms with Gasteiger partial charge in [0, 0.05) is 18.8 Å². The molecule has 1 aliphatic rings. The number of benzene rings is 2. The van der Waals surface area contributed by atoms with E-state index in [2.05, 4.69) is 0 Å². The van der Waals surface area contributed by atoms with Crippen molar-refractivity contribution in [1.29, 1.82) is 0 Å². The summed E-state index contributed by atoms with van der Waals surface area (Å²) < 4.78 is 47.5. The fourth-order valence-corrected chi connectivity index (χ4v) is 5.72. The Bertz CT molecular complexity index is 997. The van der Waals surface area contributed by atoms with Gasteiger partial charge in [0.2, 0.25) is 5.75 Å². The Morgan fingerprint density at radius 2 is 1.44 bits per heavy atom. The molecular weight excluding hydrogens is 456 g/mol. The minimum atomic E-state index is -1.29. The van der Waals surface area contributed by atoms with E-state index in [1.165, 1.54) is 0 Å². The van der Waals surface area contributed by atoms with Crippen molar-refractivity contribution in [3.63, 3.8) is 0 Å². The molecule has 7 nitrogen and oxygen atoms in total. The van der Waals surface area contributed by atoms with Crippen LogP contribution in [0.4, 0.5) is 0 Å². The van der Waals surface area contributed by atoms with E-state index >= 15 is 0 Å². The third kappa shape index (κ3) is 4.58. The van der Waals surface area contributed by atoms with E-state index < -0.39 is 16.2 Å². The molecule has 1 saturated carbocycles. The zero-order chi connectivity index (χ0) is 24.9. The third-order valence-electron chi connectivity index (χ3n) is 6.57. The van der Waals surface area contributed by atoms with Gasteiger partial charge in [-0.3, -0.25) is 4.21 Å². The van der Waals surface area contributed by atoms with Crippen LogP contribution in [-0.4, -0.2) is 58.7 Å². The molecule has 0 saturated heterocycles. The summed E-state index contributed by atoms with van der Waals surface area (Å²) >= 11 is 0. The molecule has 1 aliphatic carbocycles. The van der Waals surface area contributed by atoms with Gasteiger partial charge < -0.3 is 28.4 Å². The molecule has 0 heterocycles. The van der Waals surface area contributed by atoms with E-state index in [9.17, 15) is 4.21 Å². The van der Waals surface area contributed by atoms with Crippen molar-refractivity contribution in [3.05, 3.63) is 35.4 Å². The second kappa shape index (κ2) is 11.3. The van der Waals surface area contributed by atoms with Gasteiger partial charge in [-0.05, 0) is 61.1 Å². The Morgan fingerprint density at radius 1 is 0.882 bits per heavy atom. The lowest BCUT2D eigenvalue weighted by molar-refractivity contribution is 0.0667. The molecular formula is C26H36O7S. The summed E-state index contributed by atoms with van der Waals surface area (Å²) in [5.74, 6) is 2.78. The highest BCUT2D eigenvalue weighted by molar-refractivity contribution is 7.84. The maximum atomic E-state index is 12.8. The van der Waals surface area contributed by atoms with Gasteiger partial charge in [0.1, 0.15) is 0 Å². The van der Waals surface area contributed by atoms with Crippen LogP contribution in [0.5, 0.6) is 28.7 Å². The van der Waals surface area contributed by atoms with Crippen LogP contribution in [0, 0.1) is 0 Å². The van der Waals surface area contributed by atoms with Gasteiger partial charge in [-0.25, -0.2) is 0 Å². The maximum Gasteiger partial charge on any atom is 0.203 e. The van der Waals surface area contributed by atoms with E-state index in [1.807, 2.05) is 31.2 Å². The summed E-state index contributed by atoms with van der Waals surface area (Å²) in [6, 6.07) is 7.93. The first-order valence-electron chi connectivity index (χ1n) is 11.4. The SMILES string of the molecule is CCCOc1c(OC)cc([C@@]2(c3cc(OC)c(OC)c(OC)c3)CCC[C@H]2OC)cc1S(C)=O. The van der Waals surface area contributed by atoms with Gasteiger partial charge >= 0.3 is 0 Å². The van der Waals surface area contributed by atoms with Crippen molar-refractivity contribution in [2.45, 2.75) is 49.0 Å². The Morgan fingerprint density at radius 3 is 1.91 bits per heavy atom. The molecule has 0 spiro atoms. The van der Waals surface area contributed by atoms with E-state index in [1.54, 1.807) is 41.8 Å². The molecule has 3 atom stereocenters. The maximum absolute atomic E-state index is 12.8. The van der Waals surface area contributed by atoms with Crippen molar-refractivity contribution < 1.29 is 32.6 Å². The number of hydrogen-bond acceptors (Lipinski definition) is 7. The number of methoxy groups -OCH3 is 5. The highest BCUT2D eigenvalue weighted by Gasteiger charge is 2.47. The van der Waals surface area contributed by atoms with Gasteiger partial charge in [0.25, 0.3) is 0 Å². The van der Waals surface area contributed by atoms with Crippen LogP contribution in [0.3, 0.4) is 0 Å². The number of ether oxygens (including phenoxy) is 6. The molecule has 0 radical (unpaired) electrons. The molecule has 0 aromatic heterocycles. The van der Waals surface area contributed by atoms with Crippen molar-refractivity contribution in [2.24, 2.45) is 0 Å². The minimum Gasteiger partial charge on any atom is -0.493 e. The van der Waals surface area contributed by atoms with E-state index in [-0.39, 0.29) is 6.10 Å². The largest absolute Gasteiger partial charge is 0.493 e. The van der Waals surface area contributed by atoms with Crippen molar-refractivity contribution in [2.75, 3.05) is 48.4 Å². The number of hydrogen-bond donors (Lipinski definition) is 0. The van der Waals surface area contributed by atoms with Crippen LogP contribution >= 0.6 is 0 Å². The molecule has 0 amide bonds. The zero-order valence-electron chi connectivity index (χ0n) is 21.2. The van der Waals surface area contributed by atoms with Gasteiger partial charge in [-0.15, -0.1) is 0 Å². The van der Waals surface area contributed by atoms with E-state index in [0.29, 0.717) is 40.2 Å². The van der Waals surface area contributed by atoms with Crippen molar-refractivity contribution >= 4 is 10.8 Å². The van der Waals surface area contributed by atoms with Crippen molar-refractivity contribution in [3.8, 4) is 28.7 Å². The van der Waals surface area contributed by atoms with Gasteiger partial charge in [-0.1, -0.05) is 6.92 Å². The van der Waals surface area contributed by atoms with Crippen LogP contribution in [-0.2, 0) is 21.0 Å². The zero-order valence-corrected chi connectivity index (χ0v) is 22.0. The first kappa shape index (κ1) is 26.2. The van der Waals surface area contributed by atoms with Gasteiger partial charge in [0.05, 0.1) is 56.8 Å². The molecule has 2 aromatic carbocycles. The predicted molar refractivity (Wildman–Crippen MR) is 133 cm³/mol. The lowest BCUT2D eigenvalue weighted by atomic mass is 9.71. The van der Waals surface area contributed by atoms with Crippen LogP contribution in [0.1, 0.15) is 43.7 Å². The quantitative estimate of drug-likeness (QED) is 0.449. The molecule has 0 aliphatic heterocycles. The fraction of sp³-hybridized carbons (Fsp3) is 0.538. The fourth-order valence-electron chi connectivity index (χ4n) is 5.00. The highest BCUT2D eigenvalue weighted by Crippen LogP contribution is 2.53. The summed E-state index contributed by atoms with van der Waals surface area (Å²) in [4.78, 5) is 0.608. The first-order chi connectivity index (χ1) is 16.4. The Hall–Kier alpha value is -2.45. The summed E-state index contributed by atoms with van der Waals surface area (Å²) in [6.07, 6.45) is 5.07. The average molecular weight is 493 g/mol. The van der Waals surface area contributed by atoms with Gasteiger partial charge in [0.15, 0.2) is 23.0 Å². The first-order valence-corrected chi connectivity index (χ1v) is 13.0. The Balaban J connectivity index is 2.34. The summed E-state index contributed by atoms with van der Waals surface area (Å²) in [5.41, 5.74) is 1.40. The molecule has 0 bridgehead atoms. The van der Waals surface area contributed by atoms with Gasteiger partial charge in [-0.2, -0.15) is 0 Å². The summed E-state index contributed by atoms with van der Waals surface area (Å²) in [5, 5.41) is 0. The molecule has 2 aromatic rings. The topological polar surface area (TPSA) is 72.5 Å². The Labute approximate surface area is 205 Å². The third-order valence-corrected chi connectivity index (χ3v) is 7.49. The molecule has 3 rings (SSSR count). The summed E-state index contributed by atoms with van der Waals surface area (Å²) in [7, 11) is 6.86. The van der Waals surface area contributed by atoms with E-state index in [0.717, 1.165) is 36.8 Å². The number of rotatable bonds is 11. The average Bonchev–Trinajstić information content (AvgIpc) is 3.30. The van der Waals surface area contributed by atoms with Crippen LogP contribution in [0.15, 0.2) is 29.2 Å². The van der Waals surface area contributed by atoms with E-state index in [4.69, 9.17) is 28.4 Å². The standard InChI is InChI=1S/C26H36O7S/c1-8-12-33-25-21(30-4)15-18(16-22(25)34(7)27)26(11-9-10-23(26)31-5)17-13-19(28-2)24(32-6)20(14-17)29-3/h13-16,23H,8-12H2,1-7H3/t23-,26+,34?/m1/s1. The van der Waals surface area contributed by atoms with Crippen LogP contribution < -0.4 is 23.7 Å². The van der Waals surface area contributed by atoms with Crippen LogP contribution in [0.25, 0.3) is 0 Å². The second-order valence-corrected chi connectivity index (χ2v) is 9.66. The highest BCUT2D eigenvalue weighted by atomic mass is 32.2. The molecule has 0 N–H and O–H groups in total. The minimum absolute atomic E-state index is 0.111. The normalized spacial score (nSPS) is 20.6. The lowest BCUT2D eigenvalue weighted by Crippen LogP contribution is -2.37. The Kier molecular flexibility index (Phi) is 8.71. The summed E-state index contributed by atoms with van der Waals surface area (Å²) in [6.45, 7) is 2.54. The molecule has 188 valence electrons. The molecule has 1 unspecified atom stereocenters. The smallest absolute Gasteiger partial charge is 0.203 e. The van der Waals surface area contributed by atoms with Crippen LogP contribution in [0.2, 0.25) is 0 Å². The second-order valence-electron chi connectivity index (χ2n) is 8.31. The molecule has 34 heavy (non-hydrogen) atoms. The van der Waals surface area contributed by atoms with Crippen molar-refractivity contribution in [1.82, 2.24) is 0 Å². The monoisotopic (exact) mass is 492 g/mol. The predicted octanol–water partition coefficient (Wildman–Crippen LogP) is 4.73. The lowest BCUT2D eigenvalue weighted by Gasteiger charge is -2.37. The molecule has 1 fully saturated rings. The molecule has 8 heteroatoms.